The molecule has 1 aliphatic heterocycles. The first kappa shape index (κ1) is 22.2. The number of sulfonamides is 1. The molecule has 9 heteroatoms. The van der Waals surface area contributed by atoms with E-state index in [4.69, 9.17) is 4.74 Å². The molecule has 3 aromatic rings. The van der Waals surface area contributed by atoms with E-state index in [-0.39, 0.29) is 4.90 Å². The lowest BCUT2D eigenvalue weighted by Crippen LogP contribution is -2.27. The molecule has 0 spiro atoms. The molecular formula is C23H22N2O5S2. The monoisotopic (exact) mass is 470 g/mol. The normalized spacial score (nSPS) is 14.2. The highest BCUT2D eigenvalue weighted by Gasteiger charge is 2.27. The van der Waals surface area contributed by atoms with Gasteiger partial charge in [0, 0.05) is 24.3 Å². The maximum absolute atomic E-state index is 12.6. The van der Waals surface area contributed by atoms with Crippen LogP contribution < -0.4 is 5.32 Å². The number of hydrogen-bond acceptors (Lipinski definition) is 6. The number of anilines is 1. The summed E-state index contributed by atoms with van der Waals surface area (Å²) < 4.78 is 31.8. The van der Waals surface area contributed by atoms with Gasteiger partial charge in [0.25, 0.3) is 5.91 Å². The number of hydrogen-bond donors (Lipinski definition) is 1. The summed E-state index contributed by atoms with van der Waals surface area (Å²) in [6, 6.07) is 17.3. The van der Waals surface area contributed by atoms with Gasteiger partial charge in [-0.3, -0.25) is 4.79 Å². The minimum absolute atomic E-state index is 0.190. The van der Waals surface area contributed by atoms with Crippen LogP contribution in [-0.2, 0) is 19.6 Å². The fourth-order valence-corrected chi connectivity index (χ4v) is 5.82. The molecule has 0 aliphatic carbocycles. The number of amides is 1. The summed E-state index contributed by atoms with van der Waals surface area (Å²) in [6.45, 7) is 0.615. The zero-order valence-electron chi connectivity index (χ0n) is 17.2. The third-order valence-corrected chi connectivity index (χ3v) is 7.92. The summed E-state index contributed by atoms with van der Waals surface area (Å²) >= 11 is 1.26. The van der Waals surface area contributed by atoms with Gasteiger partial charge in [-0.15, -0.1) is 11.3 Å². The molecule has 0 atom stereocenters. The molecule has 7 nitrogen and oxygen atoms in total. The summed E-state index contributed by atoms with van der Waals surface area (Å²) in [5, 5.41) is 4.42. The van der Waals surface area contributed by atoms with Gasteiger partial charge in [-0.05, 0) is 54.1 Å². The standard InChI is InChI=1S/C23H22N2O5S2/c26-21(16-30-23(27)22-20(12-15-31-22)17-6-2-1-3-7-17)24-18-8-10-19(11-9-18)32(28,29)25-13-4-5-14-25/h1-3,6-12,15H,4-5,13-14,16H2,(H,24,26). The fourth-order valence-electron chi connectivity index (χ4n) is 3.49. The van der Waals surface area contributed by atoms with Crippen molar-refractivity contribution in [3.8, 4) is 11.1 Å². The number of nitrogens with one attached hydrogen (secondary N) is 1. The predicted molar refractivity (Wildman–Crippen MR) is 123 cm³/mol. The van der Waals surface area contributed by atoms with Gasteiger partial charge in [-0.25, -0.2) is 13.2 Å². The van der Waals surface area contributed by atoms with Crippen LogP contribution >= 0.6 is 11.3 Å². The average Bonchev–Trinajstić information content (AvgIpc) is 3.51. The smallest absolute Gasteiger partial charge is 0.349 e. The van der Waals surface area contributed by atoms with E-state index in [1.54, 1.807) is 5.38 Å². The molecule has 0 saturated carbocycles. The zero-order chi connectivity index (χ0) is 22.6. The first-order valence-corrected chi connectivity index (χ1v) is 12.5. The van der Waals surface area contributed by atoms with E-state index in [0.29, 0.717) is 23.7 Å². The third-order valence-electron chi connectivity index (χ3n) is 5.11. The molecule has 2 heterocycles. The van der Waals surface area contributed by atoms with E-state index in [1.807, 2.05) is 36.4 Å². The zero-order valence-corrected chi connectivity index (χ0v) is 18.8. The van der Waals surface area contributed by atoms with Crippen molar-refractivity contribution in [3.05, 3.63) is 70.9 Å². The van der Waals surface area contributed by atoms with Crippen molar-refractivity contribution in [2.45, 2.75) is 17.7 Å². The van der Waals surface area contributed by atoms with Crippen LogP contribution in [0.4, 0.5) is 5.69 Å². The molecule has 1 amide bonds. The van der Waals surface area contributed by atoms with Crippen molar-refractivity contribution >= 4 is 38.9 Å². The lowest BCUT2D eigenvalue weighted by Gasteiger charge is -2.15. The molecule has 0 bridgehead atoms. The Labute approximate surface area is 190 Å². The minimum Gasteiger partial charge on any atom is -0.451 e. The minimum atomic E-state index is -3.51. The summed E-state index contributed by atoms with van der Waals surface area (Å²) in [4.78, 5) is 25.3. The van der Waals surface area contributed by atoms with Crippen molar-refractivity contribution in [3.63, 3.8) is 0 Å². The van der Waals surface area contributed by atoms with Crippen molar-refractivity contribution in [1.29, 1.82) is 0 Å². The SMILES string of the molecule is O=C(COC(=O)c1sccc1-c1ccccc1)Nc1ccc(S(=O)(=O)N2CCCC2)cc1. The first-order chi connectivity index (χ1) is 15.4. The number of thiophene rings is 1. The van der Waals surface area contributed by atoms with Crippen molar-refractivity contribution in [2.24, 2.45) is 0 Å². The molecule has 0 unspecified atom stereocenters. The Morgan fingerprint density at radius 2 is 1.66 bits per heavy atom. The van der Waals surface area contributed by atoms with Crippen LogP contribution in [0.1, 0.15) is 22.5 Å². The van der Waals surface area contributed by atoms with Crippen LogP contribution in [-0.4, -0.2) is 44.3 Å². The summed E-state index contributed by atoms with van der Waals surface area (Å²) in [6.07, 6.45) is 1.73. The van der Waals surface area contributed by atoms with E-state index in [2.05, 4.69) is 5.32 Å². The van der Waals surface area contributed by atoms with Crippen LogP contribution in [0.25, 0.3) is 11.1 Å². The molecule has 2 aromatic carbocycles. The maximum Gasteiger partial charge on any atom is 0.349 e. The van der Waals surface area contributed by atoms with Gasteiger partial charge in [0.2, 0.25) is 10.0 Å². The van der Waals surface area contributed by atoms with Gasteiger partial charge < -0.3 is 10.1 Å². The number of benzene rings is 2. The Bertz CT molecular complexity index is 1200. The van der Waals surface area contributed by atoms with Gasteiger partial charge in [-0.1, -0.05) is 30.3 Å². The molecule has 1 saturated heterocycles. The topological polar surface area (TPSA) is 92.8 Å². The second-order valence-electron chi connectivity index (χ2n) is 7.29. The molecule has 1 aliphatic rings. The Kier molecular flexibility index (Phi) is 6.69. The highest BCUT2D eigenvalue weighted by molar-refractivity contribution is 7.89. The molecule has 4 rings (SSSR count). The third kappa shape index (κ3) is 4.90. The average molecular weight is 471 g/mol. The fraction of sp³-hybridized carbons (Fsp3) is 0.217. The van der Waals surface area contributed by atoms with Gasteiger partial charge in [0.15, 0.2) is 6.61 Å². The predicted octanol–water partition coefficient (Wildman–Crippen LogP) is 4.00. The molecule has 1 N–H and O–H groups in total. The summed E-state index contributed by atoms with van der Waals surface area (Å²) in [7, 11) is -3.51. The lowest BCUT2D eigenvalue weighted by molar-refractivity contribution is -0.119. The van der Waals surface area contributed by atoms with Gasteiger partial charge >= 0.3 is 5.97 Å². The molecule has 166 valence electrons. The maximum atomic E-state index is 12.6. The highest BCUT2D eigenvalue weighted by atomic mass is 32.2. The number of ether oxygens (including phenoxy) is 1. The lowest BCUT2D eigenvalue weighted by atomic mass is 10.1. The highest BCUT2D eigenvalue weighted by Crippen LogP contribution is 2.29. The Morgan fingerprint density at radius 1 is 0.969 bits per heavy atom. The number of rotatable bonds is 7. The van der Waals surface area contributed by atoms with Crippen molar-refractivity contribution in [2.75, 3.05) is 25.0 Å². The molecular weight excluding hydrogens is 448 g/mol. The Hall–Kier alpha value is -3.01. The van der Waals surface area contributed by atoms with E-state index >= 15 is 0 Å². The van der Waals surface area contributed by atoms with Crippen molar-refractivity contribution < 1.29 is 22.7 Å². The number of nitrogens with zero attached hydrogens (tertiary/aromatic N) is 1. The van der Waals surface area contributed by atoms with E-state index in [9.17, 15) is 18.0 Å². The molecule has 32 heavy (non-hydrogen) atoms. The van der Waals surface area contributed by atoms with E-state index in [1.165, 1.54) is 39.9 Å². The van der Waals surface area contributed by atoms with Crippen molar-refractivity contribution in [1.82, 2.24) is 4.31 Å². The van der Waals surface area contributed by atoms with E-state index < -0.39 is 28.5 Å². The van der Waals surface area contributed by atoms with Gasteiger partial charge in [-0.2, -0.15) is 4.31 Å². The first-order valence-electron chi connectivity index (χ1n) is 10.2. The summed E-state index contributed by atoms with van der Waals surface area (Å²) in [5.41, 5.74) is 2.08. The molecule has 0 radical (unpaired) electrons. The van der Waals surface area contributed by atoms with Gasteiger partial charge in [0.1, 0.15) is 4.88 Å². The second-order valence-corrected chi connectivity index (χ2v) is 10.1. The number of carbonyl (C=O) groups is 2. The van der Waals surface area contributed by atoms with Crippen LogP contribution in [0, 0.1) is 0 Å². The van der Waals surface area contributed by atoms with Crippen LogP contribution in [0.5, 0.6) is 0 Å². The number of carbonyl (C=O) groups excluding carboxylic acids is 2. The largest absolute Gasteiger partial charge is 0.451 e. The van der Waals surface area contributed by atoms with Crippen LogP contribution in [0.3, 0.4) is 0 Å². The molecule has 1 aromatic heterocycles. The Balaban J connectivity index is 1.34. The van der Waals surface area contributed by atoms with Crippen LogP contribution in [0.2, 0.25) is 0 Å². The quantitative estimate of drug-likeness (QED) is 0.527. The second kappa shape index (κ2) is 9.64. The van der Waals surface area contributed by atoms with Crippen LogP contribution in [0.15, 0.2) is 70.9 Å². The number of esters is 1. The Morgan fingerprint density at radius 3 is 2.34 bits per heavy atom. The summed E-state index contributed by atoms with van der Waals surface area (Å²) in [5.74, 6) is -1.08. The van der Waals surface area contributed by atoms with E-state index in [0.717, 1.165) is 24.0 Å². The van der Waals surface area contributed by atoms with Gasteiger partial charge in [0.05, 0.1) is 4.90 Å². The molecule has 1 fully saturated rings.